The Morgan fingerprint density at radius 1 is 1.50 bits per heavy atom. The summed E-state index contributed by atoms with van der Waals surface area (Å²) in [6.45, 7) is 2.03. The first-order valence-electron chi connectivity index (χ1n) is 5.08. The van der Waals surface area contributed by atoms with Gasteiger partial charge in [0.15, 0.2) is 0 Å². The van der Waals surface area contributed by atoms with Gasteiger partial charge < -0.3 is 10.1 Å². The number of nitrogens with one attached hydrogen (secondary N) is 1. The molecule has 1 atom stereocenters. The average Bonchev–Trinajstić information content (AvgIpc) is 2.69. The Hall–Kier alpha value is -1.42. The molecule has 0 spiro atoms. The molecule has 0 unspecified atom stereocenters. The second kappa shape index (κ2) is 4.61. The van der Waals surface area contributed by atoms with Gasteiger partial charge in [0, 0.05) is 22.3 Å². The Morgan fingerprint density at radius 2 is 2.25 bits per heavy atom. The zero-order valence-electron chi connectivity index (χ0n) is 8.93. The van der Waals surface area contributed by atoms with Crippen LogP contribution in [0.5, 0.6) is 0 Å². The summed E-state index contributed by atoms with van der Waals surface area (Å²) in [6, 6.07) is 8.05. The fourth-order valence-corrected chi connectivity index (χ4v) is 2.48. The molecular formula is C12H13NO2S. The minimum Gasteiger partial charge on any atom is -0.481 e. The van der Waals surface area contributed by atoms with Gasteiger partial charge in [-0.1, -0.05) is 18.2 Å². The Labute approximate surface area is 97.9 Å². The van der Waals surface area contributed by atoms with Gasteiger partial charge >= 0.3 is 5.97 Å². The Balaban J connectivity index is 2.22. The van der Waals surface area contributed by atoms with Gasteiger partial charge in [-0.15, -0.1) is 11.8 Å². The Kier molecular flexibility index (Phi) is 3.19. The van der Waals surface area contributed by atoms with Crippen molar-refractivity contribution < 1.29 is 9.90 Å². The summed E-state index contributed by atoms with van der Waals surface area (Å²) in [5, 5.41) is 10.0. The van der Waals surface area contributed by atoms with Crippen LogP contribution < -0.4 is 0 Å². The third kappa shape index (κ3) is 2.22. The first kappa shape index (κ1) is 11.1. The molecule has 0 fully saturated rings. The molecule has 4 heteroatoms. The number of carboxylic acid groups (broad SMARTS) is 1. The quantitative estimate of drug-likeness (QED) is 0.856. The highest BCUT2D eigenvalue weighted by Crippen LogP contribution is 2.32. The topological polar surface area (TPSA) is 53.1 Å². The van der Waals surface area contributed by atoms with Crippen molar-refractivity contribution in [2.45, 2.75) is 12.2 Å². The van der Waals surface area contributed by atoms with Crippen molar-refractivity contribution in [3.05, 3.63) is 36.0 Å². The van der Waals surface area contributed by atoms with Gasteiger partial charge in [0.25, 0.3) is 0 Å². The molecule has 0 saturated heterocycles. The van der Waals surface area contributed by atoms with Crippen LogP contribution in [0.2, 0.25) is 0 Å². The number of hydrogen-bond donors (Lipinski definition) is 2. The molecule has 2 aromatic rings. The number of para-hydroxylation sites is 1. The lowest BCUT2D eigenvalue weighted by atomic mass is 10.1. The van der Waals surface area contributed by atoms with E-state index in [1.807, 2.05) is 31.3 Å². The molecule has 0 aliphatic carbocycles. The highest BCUT2D eigenvalue weighted by atomic mass is 32.2. The lowest BCUT2D eigenvalue weighted by Gasteiger charge is -2.08. The number of carbonyl (C=O) groups is 1. The van der Waals surface area contributed by atoms with Crippen molar-refractivity contribution in [1.29, 1.82) is 0 Å². The van der Waals surface area contributed by atoms with Crippen LogP contribution in [0.15, 0.2) is 30.5 Å². The number of fused-ring (bicyclic) bond motifs is 1. The van der Waals surface area contributed by atoms with Crippen molar-refractivity contribution in [1.82, 2.24) is 4.98 Å². The predicted molar refractivity (Wildman–Crippen MR) is 66.8 cm³/mol. The fourth-order valence-electron chi connectivity index (χ4n) is 1.72. The van der Waals surface area contributed by atoms with Crippen molar-refractivity contribution in [2.75, 3.05) is 5.75 Å². The zero-order valence-corrected chi connectivity index (χ0v) is 9.75. The molecule has 0 amide bonds. The summed E-state index contributed by atoms with van der Waals surface area (Å²) in [4.78, 5) is 13.7. The summed E-state index contributed by atoms with van der Waals surface area (Å²) in [5.41, 5.74) is 2.27. The van der Waals surface area contributed by atoms with E-state index >= 15 is 0 Å². The van der Waals surface area contributed by atoms with Gasteiger partial charge in [0.05, 0.1) is 5.75 Å². The number of aliphatic carboxylic acids is 1. The van der Waals surface area contributed by atoms with E-state index in [4.69, 9.17) is 5.11 Å². The molecule has 0 aliphatic heterocycles. The molecular weight excluding hydrogens is 222 g/mol. The molecule has 0 radical (unpaired) electrons. The molecule has 2 N–H and O–H groups in total. The maximum absolute atomic E-state index is 10.5. The largest absolute Gasteiger partial charge is 0.481 e. The Bertz CT molecular complexity index is 506. The van der Waals surface area contributed by atoms with Crippen LogP contribution in [-0.4, -0.2) is 21.8 Å². The molecule has 84 valence electrons. The van der Waals surface area contributed by atoms with Crippen LogP contribution in [-0.2, 0) is 4.79 Å². The number of thioether (sulfide) groups is 1. The van der Waals surface area contributed by atoms with E-state index in [2.05, 4.69) is 11.1 Å². The molecule has 0 aliphatic rings. The lowest BCUT2D eigenvalue weighted by molar-refractivity contribution is -0.133. The average molecular weight is 235 g/mol. The first-order valence-corrected chi connectivity index (χ1v) is 6.13. The van der Waals surface area contributed by atoms with E-state index in [1.165, 1.54) is 22.7 Å². The standard InChI is InChI=1S/C12H13NO2S/c1-8(16-7-12(14)15)10-6-13-11-5-3-2-4-9(10)11/h2-6,8,13H,7H2,1H3,(H,14,15)/t8-/m1/s1. The van der Waals surface area contributed by atoms with E-state index in [0.717, 1.165) is 5.52 Å². The van der Waals surface area contributed by atoms with E-state index in [-0.39, 0.29) is 11.0 Å². The number of rotatable bonds is 4. The minimum absolute atomic E-state index is 0.140. The smallest absolute Gasteiger partial charge is 0.313 e. The van der Waals surface area contributed by atoms with Gasteiger partial charge in [-0.25, -0.2) is 0 Å². The van der Waals surface area contributed by atoms with Crippen LogP contribution in [0.3, 0.4) is 0 Å². The van der Waals surface area contributed by atoms with E-state index < -0.39 is 5.97 Å². The summed E-state index contributed by atoms with van der Waals surface area (Å²) in [7, 11) is 0. The first-order chi connectivity index (χ1) is 7.68. The summed E-state index contributed by atoms with van der Waals surface area (Å²) in [5.74, 6) is -0.627. The van der Waals surface area contributed by atoms with Gasteiger partial charge in [-0.05, 0) is 18.6 Å². The molecule has 0 bridgehead atoms. The molecule has 1 aromatic carbocycles. The van der Waals surface area contributed by atoms with Gasteiger partial charge in [-0.3, -0.25) is 4.79 Å². The number of hydrogen-bond acceptors (Lipinski definition) is 2. The predicted octanol–water partition coefficient (Wildman–Crippen LogP) is 3.05. The number of aromatic amines is 1. The molecule has 0 saturated carbocycles. The molecule has 3 nitrogen and oxygen atoms in total. The maximum Gasteiger partial charge on any atom is 0.313 e. The van der Waals surface area contributed by atoms with Gasteiger partial charge in [0.2, 0.25) is 0 Å². The third-order valence-corrected chi connectivity index (χ3v) is 3.68. The highest BCUT2D eigenvalue weighted by Gasteiger charge is 2.12. The van der Waals surface area contributed by atoms with E-state index in [0.29, 0.717) is 0 Å². The summed E-state index contributed by atoms with van der Waals surface area (Å²) < 4.78 is 0. The molecule has 1 heterocycles. The van der Waals surface area contributed by atoms with Crippen LogP contribution in [0, 0.1) is 0 Å². The summed E-state index contributed by atoms with van der Waals surface area (Å²) in [6.07, 6.45) is 1.96. The van der Waals surface area contributed by atoms with Crippen LogP contribution in [0.25, 0.3) is 10.9 Å². The summed E-state index contributed by atoms with van der Waals surface area (Å²) >= 11 is 1.44. The second-order valence-electron chi connectivity index (χ2n) is 3.64. The maximum atomic E-state index is 10.5. The molecule has 16 heavy (non-hydrogen) atoms. The second-order valence-corrected chi connectivity index (χ2v) is 4.97. The normalized spacial score (nSPS) is 12.8. The van der Waals surface area contributed by atoms with E-state index in [1.54, 1.807) is 0 Å². The van der Waals surface area contributed by atoms with Crippen molar-refractivity contribution in [3.63, 3.8) is 0 Å². The molecule has 2 rings (SSSR count). The number of benzene rings is 1. The monoisotopic (exact) mass is 235 g/mol. The minimum atomic E-state index is -0.767. The van der Waals surface area contributed by atoms with Crippen molar-refractivity contribution in [3.8, 4) is 0 Å². The third-order valence-electron chi connectivity index (χ3n) is 2.52. The SMILES string of the molecule is C[C@@H](SCC(=O)O)c1c[nH]c2ccccc12. The van der Waals surface area contributed by atoms with Gasteiger partial charge in [0.1, 0.15) is 0 Å². The number of carboxylic acids is 1. The van der Waals surface area contributed by atoms with Gasteiger partial charge in [-0.2, -0.15) is 0 Å². The van der Waals surface area contributed by atoms with E-state index in [9.17, 15) is 4.79 Å². The number of H-pyrrole nitrogens is 1. The molecule has 1 aromatic heterocycles. The highest BCUT2D eigenvalue weighted by molar-refractivity contribution is 8.00. The number of aromatic nitrogens is 1. The zero-order chi connectivity index (χ0) is 11.5. The lowest BCUT2D eigenvalue weighted by Crippen LogP contribution is -2.00. The van der Waals surface area contributed by atoms with Crippen molar-refractivity contribution in [2.24, 2.45) is 0 Å². The van der Waals surface area contributed by atoms with Crippen molar-refractivity contribution >= 4 is 28.6 Å². The Morgan fingerprint density at radius 3 is 3.00 bits per heavy atom. The fraction of sp³-hybridized carbons (Fsp3) is 0.250. The van der Waals surface area contributed by atoms with Crippen LogP contribution in [0.1, 0.15) is 17.7 Å². The van der Waals surface area contributed by atoms with Crippen LogP contribution in [0.4, 0.5) is 0 Å². The van der Waals surface area contributed by atoms with Crippen LogP contribution >= 0.6 is 11.8 Å².